The predicted octanol–water partition coefficient (Wildman–Crippen LogP) is 2.62. The normalized spacial score (nSPS) is 17.1. The highest BCUT2D eigenvalue weighted by atomic mass is 16.2. The third-order valence-electron chi connectivity index (χ3n) is 2.75. The van der Waals surface area contributed by atoms with Gasteiger partial charge in [0.05, 0.1) is 0 Å². The number of amides is 2. The molecule has 1 N–H and O–H groups in total. The highest BCUT2D eigenvalue weighted by Crippen LogP contribution is 2.28. The second-order valence-corrected chi connectivity index (χ2v) is 5.61. The number of nitrogens with one attached hydrogen (secondary N) is 1. The van der Waals surface area contributed by atoms with Crippen molar-refractivity contribution in [3.05, 3.63) is 0 Å². The molecule has 1 aliphatic carbocycles. The lowest BCUT2D eigenvalue weighted by molar-refractivity contribution is 0.109. The second kappa shape index (κ2) is 4.86. The maximum atomic E-state index is 11.9. The van der Waals surface area contributed by atoms with Crippen LogP contribution in [0.25, 0.3) is 0 Å². The number of carbonyl (C=O) groups excluding carboxylic acids is 1. The number of rotatable bonds is 3. The molecule has 0 radical (unpaired) electrons. The van der Waals surface area contributed by atoms with E-state index in [-0.39, 0.29) is 11.4 Å². The van der Waals surface area contributed by atoms with E-state index in [1.54, 1.807) is 0 Å². The third-order valence-corrected chi connectivity index (χ3v) is 2.75. The van der Waals surface area contributed by atoms with E-state index in [2.05, 4.69) is 26.1 Å². The Morgan fingerprint density at radius 1 is 1.40 bits per heavy atom. The fourth-order valence-electron chi connectivity index (χ4n) is 1.83. The van der Waals surface area contributed by atoms with E-state index in [4.69, 9.17) is 0 Å². The first kappa shape index (κ1) is 12.3. The molecule has 3 heteroatoms. The average molecular weight is 212 g/mol. The molecule has 0 aromatic heterocycles. The maximum Gasteiger partial charge on any atom is 0.317 e. The van der Waals surface area contributed by atoms with Gasteiger partial charge in [-0.25, -0.2) is 4.79 Å². The summed E-state index contributed by atoms with van der Waals surface area (Å²) in [4.78, 5) is 13.9. The van der Waals surface area contributed by atoms with Gasteiger partial charge in [0.15, 0.2) is 0 Å². The highest BCUT2D eigenvalue weighted by Gasteiger charge is 2.31. The van der Waals surface area contributed by atoms with Crippen molar-refractivity contribution in [3.63, 3.8) is 0 Å². The summed E-state index contributed by atoms with van der Waals surface area (Å²) in [5.41, 5.74) is 0.181. The van der Waals surface area contributed by atoms with Gasteiger partial charge in [-0.2, -0.15) is 0 Å². The van der Waals surface area contributed by atoms with E-state index in [9.17, 15) is 4.79 Å². The number of hydrogen-bond acceptors (Lipinski definition) is 1. The largest absolute Gasteiger partial charge is 0.338 e. The van der Waals surface area contributed by atoms with Crippen molar-refractivity contribution in [2.75, 3.05) is 13.1 Å². The van der Waals surface area contributed by atoms with Crippen molar-refractivity contribution in [2.24, 2.45) is 5.41 Å². The molecule has 0 heterocycles. The Morgan fingerprint density at radius 3 is 2.33 bits per heavy atom. The Hall–Kier alpha value is -0.730. The quantitative estimate of drug-likeness (QED) is 0.766. The minimum Gasteiger partial charge on any atom is -0.338 e. The van der Waals surface area contributed by atoms with Crippen molar-refractivity contribution >= 4 is 6.03 Å². The Bertz CT molecular complexity index is 216. The Labute approximate surface area is 93.2 Å². The molecule has 88 valence electrons. The lowest BCUT2D eigenvalue weighted by atomic mass is 9.88. The smallest absolute Gasteiger partial charge is 0.317 e. The zero-order valence-corrected chi connectivity index (χ0v) is 10.5. The van der Waals surface area contributed by atoms with Crippen LogP contribution in [-0.4, -0.2) is 30.1 Å². The van der Waals surface area contributed by atoms with Crippen LogP contribution in [0.2, 0.25) is 0 Å². The average Bonchev–Trinajstić information content (AvgIpc) is 1.97. The summed E-state index contributed by atoms with van der Waals surface area (Å²) in [6.45, 7) is 10.1. The topological polar surface area (TPSA) is 32.3 Å². The van der Waals surface area contributed by atoms with E-state index in [0.717, 1.165) is 6.54 Å². The summed E-state index contributed by atoms with van der Waals surface area (Å²) < 4.78 is 0. The molecule has 0 bridgehead atoms. The molecule has 0 spiro atoms. The molecule has 3 nitrogen and oxygen atoms in total. The molecule has 1 rings (SSSR count). The molecule has 1 aliphatic rings. The van der Waals surface area contributed by atoms with Crippen LogP contribution in [0, 0.1) is 5.41 Å². The number of urea groups is 1. The monoisotopic (exact) mass is 212 g/mol. The van der Waals surface area contributed by atoms with Gasteiger partial charge in [0.25, 0.3) is 0 Å². The fourth-order valence-corrected chi connectivity index (χ4v) is 1.83. The van der Waals surface area contributed by atoms with Crippen LogP contribution in [0.5, 0.6) is 0 Å². The van der Waals surface area contributed by atoms with E-state index >= 15 is 0 Å². The minimum atomic E-state index is 0.108. The fraction of sp³-hybridized carbons (Fsp3) is 0.917. The van der Waals surface area contributed by atoms with Crippen molar-refractivity contribution in [1.29, 1.82) is 0 Å². The van der Waals surface area contributed by atoms with Crippen molar-refractivity contribution in [3.8, 4) is 0 Å². The number of carbonyl (C=O) groups is 1. The molecular weight excluding hydrogens is 188 g/mol. The van der Waals surface area contributed by atoms with Crippen molar-refractivity contribution in [2.45, 2.75) is 53.0 Å². The third kappa shape index (κ3) is 3.73. The van der Waals surface area contributed by atoms with Crippen molar-refractivity contribution in [1.82, 2.24) is 10.2 Å². The van der Waals surface area contributed by atoms with Gasteiger partial charge in [-0.3, -0.25) is 0 Å². The summed E-state index contributed by atoms with van der Waals surface area (Å²) in [6, 6.07) is 0.591. The molecule has 0 aromatic carbocycles. The van der Waals surface area contributed by atoms with Crippen LogP contribution >= 0.6 is 0 Å². The summed E-state index contributed by atoms with van der Waals surface area (Å²) in [5, 5.41) is 2.90. The summed E-state index contributed by atoms with van der Waals surface area (Å²) in [6.07, 6.45) is 3.62. The Morgan fingerprint density at radius 2 is 2.00 bits per heavy atom. The van der Waals surface area contributed by atoms with Crippen LogP contribution < -0.4 is 5.32 Å². The number of hydrogen-bond donors (Lipinski definition) is 1. The first-order chi connectivity index (χ1) is 6.94. The van der Waals surface area contributed by atoms with E-state index < -0.39 is 0 Å². The molecule has 1 saturated carbocycles. The molecule has 0 aromatic rings. The molecule has 0 saturated heterocycles. The van der Waals surface area contributed by atoms with Crippen LogP contribution in [-0.2, 0) is 0 Å². The van der Waals surface area contributed by atoms with Gasteiger partial charge in [-0.1, -0.05) is 20.8 Å². The zero-order valence-electron chi connectivity index (χ0n) is 10.5. The lowest BCUT2D eigenvalue weighted by Gasteiger charge is -2.40. The lowest BCUT2D eigenvalue weighted by Crippen LogP contribution is -2.51. The SMILES string of the molecule is CCNC(=O)N(CC(C)(C)C)C1CCC1. The highest BCUT2D eigenvalue weighted by molar-refractivity contribution is 5.74. The van der Waals surface area contributed by atoms with Gasteiger partial charge in [0.2, 0.25) is 0 Å². The minimum absolute atomic E-state index is 0.108. The van der Waals surface area contributed by atoms with Gasteiger partial charge in [0, 0.05) is 19.1 Å². The van der Waals surface area contributed by atoms with E-state index in [1.165, 1.54) is 19.3 Å². The molecule has 0 aliphatic heterocycles. The molecular formula is C12H24N2O. The van der Waals surface area contributed by atoms with Gasteiger partial charge in [-0.15, -0.1) is 0 Å². The van der Waals surface area contributed by atoms with Gasteiger partial charge in [0.1, 0.15) is 0 Å². The van der Waals surface area contributed by atoms with Crippen LogP contribution in [0.1, 0.15) is 47.0 Å². The molecule has 0 atom stereocenters. The van der Waals surface area contributed by atoms with Gasteiger partial charge >= 0.3 is 6.03 Å². The van der Waals surface area contributed by atoms with Crippen molar-refractivity contribution < 1.29 is 4.79 Å². The zero-order chi connectivity index (χ0) is 11.5. The van der Waals surface area contributed by atoms with E-state index in [0.29, 0.717) is 12.6 Å². The number of nitrogens with zero attached hydrogens (tertiary/aromatic N) is 1. The maximum absolute atomic E-state index is 11.9. The van der Waals surface area contributed by atoms with Crippen LogP contribution in [0.3, 0.4) is 0 Å². The predicted molar refractivity (Wildman–Crippen MR) is 62.9 cm³/mol. The summed E-state index contributed by atoms with van der Waals surface area (Å²) >= 11 is 0. The summed E-state index contributed by atoms with van der Waals surface area (Å²) in [7, 11) is 0. The van der Waals surface area contributed by atoms with Gasteiger partial charge < -0.3 is 10.2 Å². The summed E-state index contributed by atoms with van der Waals surface area (Å²) in [5.74, 6) is 0. The van der Waals surface area contributed by atoms with Crippen LogP contribution in [0.15, 0.2) is 0 Å². The molecule has 1 fully saturated rings. The van der Waals surface area contributed by atoms with Crippen LogP contribution in [0.4, 0.5) is 4.79 Å². The first-order valence-corrected chi connectivity index (χ1v) is 5.98. The Balaban J connectivity index is 2.56. The Kier molecular flexibility index (Phi) is 4.00. The standard InChI is InChI=1S/C12H24N2O/c1-5-13-11(15)14(9-12(2,3)4)10-7-6-8-10/h10H,5-9H2,1-4H3,(H,13,15). The molecule has 15 heavy (non-hydrogen) atoms. The van der Waals surface area contributed by atoms with E-state index in [1.807, 2.05) is 11.8 Å². The second-order valence-electron chi connectivity index (χ2n) is 5.61. The molecule has 0 unspecified atom stereocenters. The first-order valence-electron chi connectivity index (χ1n) is 5.98. The van der Waals surface area contributed by atoms with Gasteiger partial charge in [-0.05, 0) is 31.6 Å². The molecule has 2 amide bonds.